The van der Waals surface area contributed by atoms with Gasteiger partial charge in [-0.15, -0.1) is 13.2 Å². The number of hydrogen-bond acceptors (Lipinski definition) is 2. The maximum absolute atomic E-state index is 11.9. The molecule has 1 rings (SSSR count). The van der Waals surface area contributed by atoms with Gasteiger partial charge in [0.15, 0.2) is 0 Å². The van der Waals surface area contributed by atoms with E-state index in [4.69, 9.17) is 4.74 Å². The SMILES string of the molecule is C=CCN(CC=C)C(=O)NCc1cccc(OC)c1. The Morgan fingerprint density at radius 2 is 2.05 bits per heavy atom. The van der Waals surface area contributed by atoms with Gasteiger partial charge in [-0.2, -0.15) is 0 Å². The second-order valence-corrected chi connectivity index (χ2v) is 3.99. The lowest BCUT2D eigenvalue weighted by Crippen LogP contribution is -2.39. The normalized spacial score (nSPS) is 9.53. The molecule has 1 aromatic rings. The van der Waals surface area contributed by atoms with Crippen molar-refractivity contribution in [3.63, 3.8) is 0 Å². The molecule has 0 radical (unpaired) electrons. The molecule has 0 saturated heterocycles. The highest BCUT2D eigenvalue weighted by molar-refractivity contribution is 5.74. The molecule has 0 bridgehead atoms. The van der Waals surface area contributed by atoms with Crippen molar-refractivity contribution < 1.29 is 9.53 Å². The first-order valence-electron chi connectivity index (χ1n) is 6.08. The van der Waals surface area contributed by atoms with Crippen molar-refractivity contribution in [2.45, 2.75) is 6.54 Å². The molecule has 0 aliphatic carbocycles. The fourth-order valence-electron chi connectivity index (χ4n) is 1.62. The zero-order valence-electron chi connectivity index (χ0n) is 11.3. The van der Waals surface area contributed by atoms with Crippen LogP contribution in [0.3, 0.4) is 0 Å². The zero-order valence-corrected chi connectivity index (χ0v) is 11.3. The number of amides is 2. The highest BCUT2D eigenvalue weighted by atomic mass is 16.5. The van der Waals surface area contributed by atoms with Gasteiger partial charge < -0.3 is 15.0 Å². The van der Waals surface area contributed by atoms with Crippen LogP contribution in [0.2, 0.25) is 0 Å². The van der Waals surface area contributed by atoms with Crippen LogP contribution in [0.15, 0.2) is 49.6 Å². The van der Waals surface area contributed by atoms with E-state index < -0.39 is 0 Å². The second kappa shape index (κ2) is 7.97. The molecule has 1 aromatic carbocycles. The number of benzene rings is 1. The zero-order chi connectivity index (χ0) is 14.1. The molecule has 4 nitrogen and oxygen atoms in total. The Morgan fingerprint density at radius 3 is 2.63 bits per heavy atom. The number of rotatable bonds is 7. The number of carbonyl (C=O) groups excluding carboxylic acids is 1. The van der Waals surface area contributed by atoms with Crippen LogP contribution in [-0.4, -0.2) is 31.1 Å². The lowest BCUT2D eigenvalue weighted by molar-refractivity contribution is 0.208. The number of nitrogens with one attached hydrogen (secondary N) is 1. The van der Waals surface area contributed by atoms with E-state index in [1.54, 1.807) is 24.2 Å². The number of methoxy groups -OCH3 is 1. The summed E-state index contributed by atoms with van der Waals surface area (Å²) in [6, 6.07) is 7.46. The summed E-state index contributed by atoms with van der Waals surface area (Å²) >= 11 is 0. The lowest BCUT2D eigenvalue weighted by atomic mass is 10.2. The predicted molar refractivity (Wildman–Crippen MR) is 77.2 cm³/mol. The molecular weight excluding hydrogens is 240 g/mol. The van der Waals surface area contributed by atoms with Crippen molar-refractivity contribution in [1.29, 1.82) is 0 Å². The van der Waals surface area contributed by atoms with E-state index in [-0.39, 0.29) is 6.03 Å². The van der Waals surface area contributed by atoms with Crippen molar-refractivity contribution in [2.24, 2.45) is 0 Å². The summed E-state index contributed by atoms with van der Waals surface area (Å²) < 4.78 is 5.14. The van der Waals surface area contributed by atoms with Crippen LogP contribution < -0.4 is 10.1 Å². The van der Waals surface area contributed by atoms with Crippen molar-refractivity contribution in [3.05, 3.63) is 55.1 Å². The molecular formula is C15H20N2O2. The third-order valence-electron chi connectivity index (χ3n) is 2.56. The Labute approximate surface area is 114 Å². The third-order valence-corrected chi connectivity index (χ3v) is 2.56. The Balaban J connectivity index is 2.56. The van der Waals surface area contributed by atoms with E-state index in [1.165, 1.54) is 0 Å². The van der Waals surface area contributed by atoms with E-state index in [2.05, 4.69) is 18.5 Å². The molecule has 4 heteroatoms. The topological polar surface area (TPSA) is 41.6 Å². The lowest BCUT2D eigenvalue weighted by Gasteiger charge is -2.19. The molecule has 19 heavy (non-hydrogen) atoms. The summed E-state index contributed by atoms with van der Waals surface area (Å²) in [5.41, 5.74) is 0.991. The monoisotopic (exact) mass is 260 g/mol. The van der Waals surface area contributed by atoms with Gasteiger partial charge in [0.1, 0.15) is 5.75 Å². The third kappa shape index (κ3) is 4.87. The summed E-state index contributed by atoms with van der Waals surface area (Å²) in [4.78, 5) is 13.6. The van der Waals surface area contributed by atoms with Crippen LogP contribution in [0.1, 0.15) is 5.56 Å². The fraction of sp³-hybridized carbons (Fsp3) is 0.267. The summed E-state index contributed by atoms with van der Waals surface area (Å²) in [5.74, 6) is 0.779. The molecule has 0 heterocycles. The number of carbonyl (C=O) groups is 1. The first-order chi connectivity index (χ1) is 9.21. The average molecular weight is 260 g/mol. The molecule has 0 aromatic heterocycles. The summed E-state index contributed by atoms with van der Waals surface area (Å²) in [7, 11) is 1.62. The van der Waals surface area contributed by atoms with Crippen LogP contribution in [0.5, 0.6) is 5.75 Å². The van der Waals surface area contributed by atoms with Gasteiger partial charge in [0.05, 0.1) is 7.11 Å². The molecule has 0 fully saturated rings. The highest BCUT2D eigenvalue weighted by Gasteiger charge is 2.09. The quantitative estimate of drug-likeness (QED) is 0.766. The number of urea groups is 1. The summed E-state index contributed by atoms with van der Waals surface area (Å²) in [5, 5.41) is 2.86. The van der Waals surface area contributed by atoms with Crippen molar-refractivity contribution in [2.75, 3.05) is 20.2 Å². The number of ether oxygens (including phenoxy) is 1. The highest BCUT2D eigenvalue weighted by Crippen LogP contribution is 2.12. The van der Waals surface area contributed by atoms with Crippen LogP contribution >= 0.6 is 0 Å². The van der Waals surface area contributed by atoms with Gasteiger partial charge in [-0.25, -0.2) is 4.79 Å². The largest absolute Gasteiger partial charge is 0.497 e. The molecule has 0 atom stereocenters. The van der Waals surface area contributed by atoms with E-state index >= 15 is 0 Å². The summed E-state index contributed by atoms with van der Waals surface area (Å²) in [6.45, 7) is 8.72. The van der Waals surface area contributed by atoms with Gasteiger partial charge >= 0.3 is 6.03 Å². The summed E-state index contributed by atoms with van der Waals surface area (Å²) in [6.07, 6.45) is 3.38. The standard InChI is InChI=1S/C15H20N2O2/c1-4-9-17(10-5-2)15(18)16-12-13-7-6-8-14(11-13)19-3/h4-8,11H,1-2,9-10,12H2,3H3,(H,16,18). The van der Waals surface area contributed by atoms with E-state index in [1.807, 2.05) is 24.3 Å². The first-order valence-corrected chi connectivity index (χ1v) is 6.08. The molecule has 1 N–H and O–H groups in total. The average Bonchev–Trinajstić information content (AvgIpc) is 2.44. The van der Waals surface area contributed by atoms with Crippen LogP contribution in [0.25, 0.3) is 0 Å². The van der Waals surface area contributed by atoms with Crippen molar-refractivity contribution in [1.82, 2.24) is 10.2 Å². The van der Waals surface area contributed by atoms with Gasteiger partial charge in [0.25, 0.3) is 0 Å². The minimum Gasteiger partial charge on any atom is -0.497 e. The Kier molecular flexibility index (Phi) is 6.22. The molecule has 0 aliphatic heterocycles. The smallest absolute Gasteiger partial charge is 0.318 e. The van der Waals surface area contributed by atoms with Gasteiger partial charge in [-0.1, -0.05) is 24.3 Å². The van der Waals surface area contributed by atoms with Crippen molar-refractivity contribution >= 4 is 6.03 Å². The Morgan fingerprint density at radius 1 is 1.37 bits per heavy atom. The maximum atomic E-state index is 11.9. The fourth-order valence-corrected chi connectivity index (χ4v) is 1.62. The van der Waals surface area contributed by atoms with Crippen LogP contribution in [0, 0.1) is 0 Å². The maximum Gasteiger partial charge on any atom is 0.318 e. The number of nitrogens with zero attached hydrogens (tertiary/aromatic N) is 1. The second-order valence-electron chi connectivity index (χ2n) is 3.99. The molecule has 0 saturated carbocycles. The van der Waals surface area contributed by atoms with E-state index in [0.717, 1.165) is 11.3 Å². The van der Waals surface area contributed by atoms with Crippen molar-refractivity contribution in [3.8, 4) is 5.75 Å². The minimum absolute atomic E-state index is 0.136. The molecule has 0 spiro atoms. The van der Waals surface area contributed by atoms with Gasteiger partial charge in [-0.3, -0.25) is 0 Å². The van der Waals surface area contributed by atoms with Gasteiger partial charge in [0.2, 0.25) is 0 Å². The molecule has 102 valence electrons. The van der Waals surface area contributed by atoms with E-state index in [0.29, 0.717) is 19.6 Å². The van der Waals surface area contributed by atoms with E-state index in [9.17, 15) is 4.79 Å². The van der Waals surface area contributed by atoms with Crippen LogP contribution in [-0.2, 0) is 6.54 Å². The Hall–Kier alpha value is -2.23. The van der Waals surface area contributed by atoms with Gasteiger partial charge in [-0.05, 0) is 17.7 Å². The number of hydrogen-bond donors (Lipinski definition) is 1. The molecule has 2 amide bonds. The first kappa shape index (κ1) is 14.8. The molecule has 0 unspecified atom stereocenters. The Bertz CT molecular complexity index is 434. The predicted octanol–water partition coefficient (Wildman–Crippen LogP) is 2.58. The minimum atomic E-state index is -0.136. The van der Waals surface area contributed by atoms with Gasteiger partial charge in [0, 0.05) is 19.6 Å². The van der Waals surface area contributed by atoms with Crippen LogP contribution in [0.4, 0.5) is 4.79 Å². The molecule has 0 aliphatic rings.